The number of hydrogen-bond donors (Lipinski definition) is 1. The Hall–Kier alpha value is -5.05. The number of likely N-dealkylation sites (tertiary alicyclic amines) is 2. The summed E-state index contributed by atoms with van der Waals surface area (Å²) >= 11 is 0. The average Bonchev–Trinajstić information content (AvgIpc) is 3.64. The zero-order valence-corrected chi connectivity index (χ0v) is 21.5. The van der Waals surface area contributed by atoms with Gasteiger partial charge in [-0.1, -0.05) is 0 Å². The summed E-state index contributed by atoms with van der Waals surface area (Å²) in [4.78, 5) is 24.3. The number of amides is 1. The highest BCUT2D eigenvalue weighted by molar-refractivity contribution is 5.96. The van der Waals surface area contributed by atoms with E-state index in [1.54, 1.807) is 23.5 Å². The largest absolute Gasteiger partial charge is 0.346 e. The van der Waals surface area contributed by atoms with Gasteiger partial charge in [-0.15, -0.1) is 0 Å². The Bertz CT molecular complexity index is 1740. The maximum absolute atomic E-state index is 14.4. The fourth-order valence-electron chi connectivity index (χ4n) is 5.93. The van der Waals surface area contributed by atoms with E-state index in [0.29, 0.717) is 43.8 Å². The third-order valence-electron chi connectivity index (χ3n) is 8.06. The zero-order valence-electron chi connectivity index (χ0n) is 21.5. The van der Waals surface area contributed by atoms with Gasteiger partial charge in [0.1, 0.15) is 23.1 Å². The minimum Gasteiger partial charge on any atom is -0.346 e. The molecule has 2 aliphatic rings. The number of carbonyl (C=O) groups is 1. The second-order valence-corrected chi connectivity index (χ2v) is 10.4. The molecule has 40 heavy (non-hydrogen) atoms. The van der Waals surface area contributed by atoms with Gasteiger partial charge in [0.25, 0.3) is 5.91 Å². The third kappa shape index (κ3) is 4.16. The zero-order chi connectivity index (χ0) is 27.9. The van der Waals surface area contributed by atoms with Crippen LogP contribution in [0.15, 0.2) is 49.1 Å². The Balaban J connectivity index is 1.15. The van der Waals surface area contributed by atoms with Gasteiger partial charge in [0, 0.05) is 67.3 Å². The highest BCUT2D eigenvalue weighted by atomic mass is 19.1. The summed E-state index contributed by atoms with van der Waals surface area (Å²) in [5, 5.41) is 33.7. The summed E-state index contributed by atoms with van der Waals surface area (Å²) < 4.78 is 16.2. The lowest BCUT2D eigenvalue weighted by atomic mass is 9.83. The number of aromatic amines is 1. The quantitative estimate of drug-likeness (QED) is 0.414. The van der Waals surface area contributed by atoms with E-state index in [9.17, 15) is 19.7 Å². The summed E-state index contributed by atoms with van der Waals surface area (Å²) in [7, 11) is 0. The first kappa shape index (κ1) is 25.2. The van der Waals surface area contributed by atoms with Crippen molar-refractivity contribution >= 4 is 16.9 Å². The van der Waals surface area contributed by atoms with Crippen LogP contribution in [0.25, 0.3) is 22.2 Å². The van der Waals surface area contributed by atoms with Gasteiger partial charge in [0.2, 0.25) is 0 Å². The van der Waals surface area contributed by atoms with E-state index >= 15 is 0 Å². The first-order valence-electron chi connectivity index (χ1n) is 13.0. The fourth-order valence-corrected chi connectivity index (χ4v) is 5.93. The van der Waals surface area contributed by atoms with Crippen molar-refractivity contribution in [1.29, 1.82) is 15.8 Å². The molecule has 1 N–H and O–H groups in total. The molecule has 0 unspecified atom stereocenters. The average molecular weight is 534 g/mol. The van der Waals surface area contributed by atoms with Crippen LogP contribution >= 0.6 is 0 Å². The van der Waals surface area contributed by atoms with Gasteiger partial charge in [0.15, 0.2) is 0 Å². The van der Waals surface area contributed by atoms with E-state index in [1.165, 1.54) is 12.1 Å². The fraction of sp³-hybridized carbons (Fsp3) is 0.310. The molecule has 2 aliphatic heterocycles. The predicted molar refractivity (Wildman–Crippen MR) is 142 cm³/mol. The Kier molecular flexibility index (Phi) is 6.26. The second-order valence-electron chi connectivity index (χ2n) is 10.4. The predicted octanol–water partition coefficient (Wildman–Crippen LogP) is 3.54. The number of halogens is 1. The van der Waals surface area contributed by atoms with Crippen molar-refractivity contribution in [3.8, 4) is 29.3 Å². The number of fused-ring (bicyclic) bond motifs is 1. The molecule has 10 nitrogen and oxygen atoms in total. The number of carbonyl (C=O) groups excluding carboxylic acids is 1. The minimum absolute atomic E-state index is 0.0189. The molecule has 1 aromatic carbocycles. The summed E-state index contributed by atoms with van der Waals surface area (Å²) in [5.41, 5.74) is 2.38. The highest BCUT2D eigenvalue weighted by Gasteiger charge is 2.48. The number of piperidine rings is 1. The number of benzene rings is 1. The first-order chi connectivity index (χ1) is 19.5. The lowest BCUT2D eigenvalue weighted by Crippen LogP contribution is -2.66. The van der Waals surface area contributed by atoms with Crippen molar-refractivity contribution in [2.75, 3.05) is 26.2 Å². The van der Waals surface area contributed by atoms with Gasteiger partial charge in [0.05, 0.1) is 41.4 Å². The van der Waals surface area contributed by atoms with Crippen LogP contribution in [0.1, 0.15) is 40.7 Å². The monoisotopic (exact) mass is 533 g/mol. The topological polar surface area (TPSA) is 141 Å². The molecule has 0 bridgehead atoms. The van der Waals surface area contributed by atoms with E-state index in [0.717, 1.165) is 35.4 Å². The lowest BCUT2D eigenvalue weighted by molar-refractivity contribution is -0.0412. The molecule has 2 fully saturated rings. The molecular formula is C29H24FN9O. The van der Waals surface area contributed by atoms with Crippen LogP contribution in [0.4, 0.5) is 4.39 Å². The lowest BCUT2D eigenvalue weighted by Gasteiger charge is -2.53. The molecule has 4 aromatic rings. The van der Waals surface area contributed by atoms with Crippen molar-refractivity contribution in [3.05, 3.63) is 71.6 Å². The van der Waals surface area contributed by atoms with Gasteiger partial charge in [-0.05, 0) is 37.1 Å². The van der Waals surface area contributed by atoms with Crippen LogP contribution in [0, 0.1) is 39.8 Å². The highest BCUT2D eigenvalue weighted by Crippen LogP contribution is 2.38. The molecule has 2 saturated heterocycles. The summed E-state index contributed by atoms with van der Waals surface area (Å²) in [5.74, 6) is -1.05. The van der Waals surface area contributed by atoms with Gasteiger partial charge >= 0.3 is 0 Å². The molecule has 0 radical (unpaired) electrons. The Morgan fingerprint density at radius 3 is 2.62 bits per heavy atom. The molecule has 6 rings (SSSR count). The van der Waals surface area contributed by atoms with E-state index in [-0.39, 0.29) is 23.1 Å². The van der Waals surface area contributed by atoms with Gasteiger partial charge in [-0.25, -0.2) is 9.37 Å². The van der Waals surface area contributed by atoms with E-state index < -0.39 is 11.4 Å². The maximum atomic E-state index is 14.4. The van der Waals surface area contributed by atoms with Crippen LogP contribution < -0.4 is 0 Å². The molecule has 5 heterocycles. The van der Waals surface area contributed by atoms with Crippen molar-refractivity contribution in [2.24, 2.45) is 0 Å². The van der Waals surface area contributed by atoms with Crippen LogP contribution in [0.2, 0.25) is 0 Å². The second kappa shape index (κ2) is 9.92. The molecular weight excluding hydrogens is 509 g/mol. The van der Waals surface area contributed by atoms with Crippen molar-refractivity contribution in [3.63, 3.8) is 0 Å². The SMILES string of the molecule is N#CCC1(n2cc(-c3c(C#N)cnc4[nH]ccc34)cn2)CN(C2CCN(C(=O)c3ccc(C#N)cc3F)CC2)C1. The van der Waals surface area contributed by atoms with Crippen molar-refractivity contribution in [2.45, 2.75) is 30.8 Å². The number of pyridine rings is 1. The van der Waals surface area contributed by atoms with Gasteiger partial charge in [-0.3, -0.25) is 14.4 Å². The van der Waals surface area contributed by atoms with Crippen LogP contribution in [-0.4, -0.2) is 67.7 Å². The van der Waals surface area contributed by atoms with E-state index in [2.05, 4.69) is 32.1 Å². The molecule has 0 aliphatic carbocycles. The normalized spacial score (nSPS) is 17.1. The Morgan fingerprint density at radius 2 is 1.93 bits per heavy atom. The smallest absolute Gasteiger partial charge is 0.256 e. The minimum atomic E-state index is -0.681. The number of rotatable bonds is 5. The molecule has 0 spiro atoms. The number of nitrogens with one attached hydrogen (secondary N) is 1. The number of hydrogen-bond acceptors (Lipinski definition) is 7. The molecule has 1 amide bonds. The standard InChI is InChI=1S/C29H24FN9O/c30-25-11-19(12-32)1-2-23(25)28(40)37-9-4-22(5-10-37)38-17-29(18-38,6-7-31)39-16-21(15-36-39)26-20(13-33)14-35-27-24(26)3-8-34-27/h1-3,8,11,14-16,22H,4-6,9-10,17-18H2,(H,34,35). The first-order valence-corrected chi connectivity index (χ1v) is 13.0. The van der Waals surface area contributed by atoms with Crippen LogP contribution in [0.3, 0.4) is 0 Å². The van der Waals surface area contributed by atoms with Crippen molar-refractivity contribution < 1.29 is 9.18 Å². The number of nitriles is 3. The molecule has 0 atom stereocenters. The summed E-state index contributed by atoms with van der Waals surface area (Å²) in [6, 6.07) is 12.5. The molecule has 0 saturated carbocycles. The number of nitrogens with zero attached hydrogens (tertiary/aromatic N) is 8. The van der Waals surface area contributed by atoms with Crippen molar-refractivity contribution in [1.82, 2.24) is 29.5 Å². The maximum Gasteiger partial charge on any atom is 0.256 e. The van der Waals surface area contributed by atoms with E-state index in [4.69, 9.17) is 5.26 Å². The molecule has 198 valence electrons. The van der Waals surface area contributed by atoms with Gasteiger partial charge in [-0.2, -0.15) is 20.9 Å². The number of aromatic nitrogens is 4. The number of H-pyrrole nitrogens is 1. The van der Waals surface area contributed by atoms with Crippen LogP contribution in [-0.2, 0) is 5.54 Å². The summed E-state index contributed by atoms with van der Waals surface area (Å²) in [6.07, 6.45) is 8.75. The Morgan fingerprint density at radius 1 is 1.12 bits per heavy atom. The van der Waals surface area contributed by atoms with Gasteiger partial charge < -0.3 is 9.88 Å². The molecule has 11 heteroatoms. The Labute approximate surface area is 229 Å². The third-order valence-corrected chi connectivity index (χ3v) is 8.06. The van der Waals surface area contributed by atoms with E-state index in [1.807, 2.05) is 23.0 Å². The summed E-state index contributed by atoms with van der Waals surface area (Å²) in [6.45, 7) is 2.29. The molecule has 3 aromatic heterocycles. The van der Waals surface area contributed by atoms with Crippen LogP contribution in [0.5, 0.6) is 0 Å².